The summed E-state index contributed by atoms with van der Waals surface area (Å²) in [5, 5.41) is 11.4. The summed E-state index contributed by atoms with van der Waals surface area (Å²) in [4.78, 5) is 25.3. The fourth-order valence-electron chi connectivity index (χ4n) is 2.35. The third-order valence-corrected chi connectivity index (χ3v) is 4.02. The van der Waals surface area contributed by atoms with E-state index in [0.29, 0.717) is 42.1 Å². The number of anilines is 1. The zero-order valence-electron chi connectivity index (χ0n) is 14.0. The van der Waals surface area contributed by atoms with Gasteiger partial charge in [-0.25, -0.2) is 19.2 Å². The van der Waals surface area contributed by atoms with E-state index in [1.807, 2.05) is 30.3 Å². The van der Waals surface area contributed by atoms with Crippen molar-refractivity contribution in [3.8, 4) is 11.3 Å². The number of aromatic nitrogens is 3. The fourth-order valence-corrected chi connectivity index (χ4v) is 2.51. The van der Waals surface area contributed by atoms with Gasteiger partial charge in [0.25, 0.3) is 0 Å². The Morgan fingerprint density at radius 2 is 1.92 bits per heavy atom. The van der Waals surface area contributed by atoms with Crippen LogP contribution in [0.25, 0.3) is 22.4 Å². The number of aliphatic hydroxyl groups excluding tert-OH is 1. The zero-order chi connectivity index (χ0) is 18.4. The van der Waals surface area contributed by atoms with E-state index in [4.69, 9.17) is 16.9 Å². The van der Waals surface area contributed by atoms with Gasteiger partial charge < -0.3 is 5.11 Å². The molecule has 0 radical (unpaired) electrons. The highest BCUT2D eigenvalue weighted by molar-refractivity contribution is 6.22. The molecule has 0 unspecified atom stereocenters. The lowest BCUT2D eigenvalue weighted by molar-refractivity contribution is 0.233. The first kappa shape index (κ1) is 18.0. The van der Waals surface area contributed by atoms with Crippen molar-refractivity contribution in [3.63, 3.8) is 0 Å². The van der Waals surface area contributed by atoms with Gasteiger partial charge in [-0.15, -0.1) is 0 Å². The average Bonchev–Trinajstić information content (AvgIpc) is 2.68. The van der Waals surface area contributed by atoms with Crippen LogP contribution < -0.4 is 5.32 Å². The Morgan fingerprint density at radius 3 is 2.69 bits per heavy atom. The number of aliphatic hydroxyl groups is 1. The number of nitrogens with zero attached hydrogens (tertiary/aromatic N) is 4. The fraction of sp³-hybridized carbons (Fsp3) is 0.222. The Labute approximate surface area is 155 Å². The Balaban J connectivity index is 1.76. The topological polar surface area (TPSA) is 91.2 Å². The van der Waals surface area contributed by atoms with Gasteiger partial charge in [0, 0.05) is 30.5 Å². The van der Waals surface area contributed by atoms with E-state index in [9.17, 15) is 4.79 Å². The summed E-state index contributed by atoms with van der Waals surface area (Å²) in [6.07, 6.45) is 2.90. The molecule has 134 valence electrons. The van der Waals surface area contributed by atoms with E-state index in [-0.39, 0.29) is 6.61 Å². The van der Waals surface area contributed by atoms with E-state index in [2.05, 4.69) is 20.3 Å². The van der Waals surface area contributed by atoms with E-state index in [0.717, 1.165) is 9.98 Å². The van der Waals surface area contributed by atoms with Crippen molar-refractivity contribution in [1.82, 2.24) is 19.4 Å². The van der Waals surface area contributed by atoms with E-state index in [1.165, 1.54) is 0 Å². The number of carbonyl (C=O) groups is 1. The van der Waals surface area contributed by atoms with Crippen molar-refractivity contribution in [2.45, 2.75) is 12.8 Å². The van der Waals surface area contributed by atoms with Crippen LogP contribution >= 0.6 is 11.8 Å². The van der Waals surface area contributed by atoms with Crippen LogP contribution in [-0.2, 0) is 0 Å². The molecule has 7 nitrogen and oxygen atoms in total. The number of hydrogen-bond donors (Lipinski definition) is 2. The van der Waals surface area contributed by atoms with Crippen LogP contribution in [0.15, 0.2) is 48.7 Å². The first-order valence-corrected chi connectivity index (χ1v) is 8.55. The van der Waals surface area contributed by atoms with Gasteiger partial charge in [0.2, 0.25) is 0 Å². The van der Waals surface area contributed by atoms with Gasteiger partial charge in [-0.05, 0) is 25.0 Å². The number of nitrogens with one attached hydrogen (secondary N) is 1. The van der Waals surface area contributed by atoms with Crippen LogP contribution in [0.3, 0.4) is 0 Å². The van der Waals surface area contributed by atoms with Crippen molar-refractivity contribution in [2.24, 2.45) is 0 Å². The zero-order valence-corrected chi connectivity index (χ0v) is 14.7. The molecule has 2 aromatic heterocycles. The largest absolute Gasteiger partial charge is 0.396 e. The highest BCUT2D eigenvalue weighted by Crippen LogP contribution is 2.19. The molecule has 0 saturated heterocycles. The van der Waals surface area contributed by atoms with Crippen LogP contribution in [0.1, 0.15) is 12.8 Å². The molecule has 3 rings (SSSR count). The third kappa shape index (κ3) is 4.44. The summed E-state index contributed by atoms with van der Waals surface area (Å²) in [5.74, 6) is 0.342. The monoisotopic (exact) mass is 371 g/mol. The molecule has 0 fully saturated rings. The summed E-state index contributed by atoms with van der Waals surface area (Å²) in [7, 11) is 0. The summed E-state index contributed by atoms with van der Waals surface area (Å²) in [5.41, 5.74) is 2.71. The Kier molecular flexibility index (Phi) is 5.93. The van der Waals surface area contributed by atoms with Crippen LogP contribution in [0.5, 0.6) is 0 Å². The second-order valence-corrected chi connectivity index (χ2v) is 6.02. The Morgan fingerprint density at radius 1 is 1.12 bits per heavy atom. The van der Waals surface area contributed by atoms with Crippen molar-refractivity contribution >= 4 is 34.8 Å². The molecule has 1 aromatic carbocycles. The minimum atomic E-state index is -0.483. The predicted octanol–water partition coefficient (Wildman–Crippen LogP) is 3.45. The average molecular weight is 372 g/mol. The van der Waals surface area contributed by atoms with Crippen LogP contribution in [-0.4, -0.2) is 43.7 Å². The van der Waals surface area contributed by atoms with Gasteiger partial charge in [-0.2, -0.15) is 0 Å². The normalized spacial score (nSPS) is 10.7. The third-order valence-electron chi connectivity index (χ3n) is 3.69. The van der Waals surface area contributed by atoms with Crippen LogP contribution in [0.2, 0.25) is 0 Å². The molecule has 0 aliphatic carbocycles. The lowest BCUT2D eigenvalue weighted by Crippen LogP contribution is -2.28. The molecule has 0 saturated carbocycles. The Hall–Kier alpha value is -2.77. The van der Waals surface area contributed by atoms with Crippen molar-refractivity contribution in [2.75, 3.05) is 18.5 Å². The standard InChI is InChI=1S/C18H18ClN5O2/c19-24(10-4-5-11-25)18(26)23-16-9-8-14-17(22-16)21-15(12-20-14)13-6-2-1-3-7-13/h1-3,6-9,12,25H,4-5,10-11H2,(H,21,22,23,26). The molecule has 0 aliphatic rings. The molecule has 0 aliphatic heterocycles. The summed E-state index contributed by atoms with van der Waals surface area (Å²) >= 11 is 5.92. The number of urea groups is 1. The molecular formula is C18H18ClN5O2. The SMILES string of the molecule is O=C(Nc1ccc2ncc(-c3ccccc3)nc2n1)N(Cl)CCCCO. The molecule has 2 amide bonds. The summed E-state index contributed by atoms with van der Waals surface area (Å²) < 4.78 is 1.04. The maximum atomic E-state index is 12.1. The molecule has 0 atom stereocenters. The number of fused-ring (bicyclic) bond motifs is 1. The van der Waals surface area contributed by atoms with E-state index in [1.54, 1.807) is 18.3 Å². The van der Waals surface area contributed by atoms with E-state index >= 15 is 0 Å². The molecule has 3 aromatic rings. The Bertz CT molecular complexity index is 891. The van der Waals surface area contributed by atoms with Crippen LogP contribution in [0.4, 0.5) is 10.6 Å². The first-order valence-electron chi connectivity index (χ1n) is 8.22. The quantitative estimate of drug-likeness (QED) is 0.511. The number of halogens is 1. The first-order chi connectivity index (χ1) is 12.7. The number of pyridine rings is 1. The second kappa shape index (κ2) is 8.55. The van der Waals surface area contributed by atoms with Crippen molar-refractivity contribution in [3.05, 3.63) is 48.7 Å². The molecule has 0 spiro atoms. The predicted molar refractivity (Wildman–Crippen MR) is 101 cm³/mol. The molecule has 8 heteroatoms. The van der Waals surface area contributed by atoms with Gasteiger partial charge in [0.05, 0.1) is 11.9 Å². The van der Waals surface area contributed by atoms with E-state index < -0.39 is 6.03 Å². The van der Waals surface area contributed by atoms with Gasteiger partial charge >= 0.3 is 6.03 Å². The van der Waals surface area contributed by atoms with Gasteiger partial charge in [0.15, 0.2) is 5.65 Å². The number of amides is 2. The van der Waals surface area contributed by atoms with Gasteiger partial charge in [0.1, 0.15) is 11.3 Å². The number of hydrogen-bond acceptors (Lipinski definition) is 5. The highest BCUT2D eigenvalue weighted by Gasteiger charge is 2.12. The van der Waals surface area contributed by atoms with Crippen molar-refractivity contribution in [1.29, 1.82) is 0 Å². The smallest absolute Gasteiger partial charge is 0.337 e. The lowest BCUT2D eigenvalue weighted by Gasteiger charge is -2.14. The molecule has 2 heterocycles. The number of unbranched alkanes of at least 4 members (excludes halogenated alkanes) is 1. The van der Waals surface area contributed by atoms with Gasteiger partial charge in [-0.1, -0.05) is 30.3 Å². The number of benzene rings is 1. The summed E-state index contributed by atoms with van der Waals surface area (Å²) in [6.45, 7) is 0.403. The maximum Gasteiger partial charge on any atom is 0.337 e. The minimum Gasteiger partial charge on any atom is -0.396 e. The molecule has 0 bridgehead atoms. The number of carbonyl (C=O) groups excluding carboxylic acids is 1. The van der Waals surface area contributed by atoms with Crippen LogP contribution in [0, 0.1) is 0 Å². The molecular weight excluding hydrogens is 354 g/mol. The number of rotatable bonds is 6. The lowest BCUT2D eigenvalue weighted by atomic mass is 10.2. The van der Waals surface area contributed by atoms with Gasteiger partial charge in [-0.3, -0.25) is 10.3 Å². The molecule has 26 heavy (non-hydrogen) atoms. The highest BCUT2D eigenvalue weighted by atomic mass is 35.5. The van der Waals surface area contributed by atoms with Crippen molar-refractivity contribution < 1.29 is 9.90 Å². The maximum absolute atomic E-state index is 12.1. The minimum absolute atomic E-state index is 0.0704. The second-order valence-electron chi connectivity index (χ2n) is 5.61. The molecule has 2 N–H and O–H groups in total. The summed E-state index contributed by atoms with van der Waals surface area (Å²) in [6, 6.07) is 12.6.